The Morgan fingerprint density at radius 2 is 2.00 bits per heavy atom. The minimum absolute atomic E-state index is 0.0289. The second kappa shape index (κ2) is 8.58. The van der Waals surface area contributed by atoms with Gasteiger partial charge >= 0.3 is 5.97 Å². The van der Waals surface area contributed by atoms with Gasteiger partial charge in [-0.3, -0.25) is 14.2 Å². The highest BCUT2D eigenvalue weighted by molar-refractivity contribution is 5.69. The Morgan fingerprint density at radius 1 is 1.32 bits per heavy atom. The van der Waals surface area contributed by atoms with Crippen molar-refractivity contribution in [3.8, 4) is 0 Å². The highest BCUT2D eigenvalue weighted by Gasteiger charge is 2.15. The minimum Gasteiger partial charge on any atom is -0.465 e. The van der Waals surface area contributed by atoms with Crippen molar-refractivity contribution in [3.63, 3.8) is 0 Å². The van der Waals surface area contributed by atoms with Crippen molar-refractivity contribution in [2.24, 2.45) is 5.73 Å². The first-order chi connectivity index (χ1) is 11.9. The van der Waals surface area contributed by atoms with Gasteiger partial charge in [-0.05, 0) is 25.8 Å². The van der Waals surface area contributed by atoms with E-state index in [1.807, 2.05) is 38.1 Å². The van der Waals surface area contributed by atoms with Gasteiger partial charge in [0.1, 0.15) is 6.54 Å². The van der Waals surface area contributed by atoms with Gasteiger partial charge in [-0.15, -0.1) is 0 Å². The van der Waals surface area contributed by atoms with Crippen LogP contribution in [0.4, 0.5) is 0 Å². The number of hydrogen-bond donors (Lipinski definition) is 1. The Bertz CT molecular complexity index is 768. The topological polar surface area (TPSA) is 87.2 Å². The molecule has 0 saturated heterocycles. The number of benzene rings is 1. The molecule has 1 aromatic carbocycles. The van der Waals surface area contributed by atoms with Crippen LogP contribution in [0.5, 0.6) is 0 Å². The molecule has 0 aliphatic rings. The second-order valence-corrected chi connectivity index (χ2v) is 6.24. The molecular weight excluding hydrogens is 318 g/mol. The summed E-state index contributed by atoms with van der Waals surface area (Å²) in [5, 5.41) is 0. The molecule has 2 N–H and O–H groups in total. The Balaban J connectivity index is 2.05. The van der Waals surface area contributed by atoms with Gasteiger partial charge in [-0.1, -0.05) is 36.8 Å². The lowest BCUT2D eigenvalue weighted by Gasteiger charge is -2.18. The number of esters is 1. The van der Waals surface area contributed by atoms with Crippen LogP contribution >= 0.6 is 0 Å². The van der Waals surface area contributed by atoms with Gasteiger partial charge in [-0.2, -0.15) is 0 Å². The van der Waals surface area contributed by atoms with Gasteiger partial charge in [0, 0.05) is 18.0 Å². The van der Waals surface area contributed by atoms with E-state index < -0.39 is 5.97 Å². The molecule has 0 spiro atoms. The van der Waals surface area contributed by atoms with E-state index in [-0.39, 0.29) is 30.7 Å². The van der Waals surface area contributed by atoms with Crippen LogP contribution < -0.4 is 11.3 Å². The zero-order chi connectivity index (χ0) is 18.4. The summed E-state index contributed by atoms with van der Waals surface area (Å²) in [7, 11) is 0. The maximum absolute atomic E-state index is 12.2. The summed E-state index contributed by atoms with van der Waals surface area (Å²) in [5.74, 6) is -0.421. The molecule has 0 amide bonds. The second-order valence-electron chi connectivity index (χ2n) is 6.24. The summed E-state index contributed by atoms with van der Waals surface area (Å²) in [5.41, 5.74) is 8.94. The van der Waals surface area contributed by atoms with Gasteiger partial charge in [-0.25, -0.2) is 4.98 Å². The van der Waals surface area contributed by atoms with Crippen molar-refractivity contribution in [3.05, 3.63) is 63.8 Å². The number of aromatic nitrogens is 2. The van der Waals surface area contributed by atoms with Crippen molar-refractivity contribution in [2.75, 3.05) is 6.61 Å². The highest BCUT2D eigenvalue weighted by Crippen LogP contribution is 2.24. The fourth-order valence-electron chi connectivity index (χ4n) is 2.63. The molecular formula is C19H25N3O3. The van der Waals surface area contributed by atoms with E-state index in [1.54, 1.807) is 6.92 Å². The zero-order valence-corrected chi connectivity index (χ0v) is 14.9. The first kappa shape index (κ1) is 18.9. The molecule has 1 heterocycles. The summed E-state index contributed by atoms with van der Waals surface area (Å²) < 4.78 is 6.09. The SMILES string of the molecule is CCOC(=O)Cn1cnc(C(C)CC(N)c2ccc(C)cc2)cc1=O. The van der Waals surface area contributed by atoms with Crippen LogP contribution in [0.25, 0.3) is 0 Å². The molecule has 6 heteroatoms. The summed E-state index contributed by atoms with van der Waals surface area (Å²) in [6.07, 6.45) is 2.07. The van der Waals surface area contributed by atoms with Gasteiger partial charge < -0.3 is 10.5 Å². The van der Waals surface area contributed by atoms with Gasteiger partial charge in [0.25, 0.3) is 5.56 Å². The Labute approximate surface area is 147 Å². The van der Waals surface area contributed by atoms with Crippen molar-refractivity contribution in [1.29, 1.82) is 0 Å². The standard InChI is InChI=1S/C19H25N3O3/c1-4-25-19(24)11-22-12-21-17(10-18(22)23)14(3)9-16(20)15-7-5-13(2)6-8-15/h5-8,10,12,14,16H,4,9,11,20H2,1-3H3. The number of nitrogens with zero attached hydrogens (tertiary/aromatic N) is 2. The van der Waals surface area contributed by atoms with Crippen LogP contribution in [-0.4, -0.2) is 22.1 Å². The van der Waals surface area contributed by atoms with E-state index >= 15 is 0 Å². The molecule has 0 saturated carbocycles. The van der Waals surface area contributed by atoms with E-state index in [0.29, 0.717) is 12.1 Å². The maximum Gasteiger partial charge on any atom is 0.326 e. The van der Waals surface area contributed by atoms with E-state index in [9.17, 15) is 9.59 Å². The molecule has 2 unspecified atom stereocenters. The Hall–Kier alpha value is -2.47. The summed E-state index contributed by atoms with van der Waals surface area (Å²) >= 11 is 0. The normalized spacial score (nSPS) is 13.3. The highest BCUT2D eigenvalue weighted by atomic mass is 16.5. The smallest absolute Gasteiger partial charge is 0.326 e. The number of carbonyl (C=O) groups excluding carboxylic acids is 1. The van der Waals surface area contributed by atoms with E-state index in [0.717, 1.165) is 5.56 Å². The van der Waals surface area contributed by atoms with Gasteiger partial charge in [0.15, 0.2) is 0 Å². The van der Waals surface area contributed by atoms with E-state index in [2.05, 4.69) is 4.98 Å². The Kier molecular flexibility index (Phi) is 6.47. The first-order valence-corrected chi connectivity index (χ1v) is 8.44. The van der Waals surface area contributed by atoms with Crippen molar-refractivity contribution in [2.45, 2.75) is 45.7 Å². The molecule has 25 heavy (non-hydrogen) atoms. The number of ether oxygens (including phenoxy) is 1. The van der Waals surface area contributed by atoms with Crippen molar-refractivity contribution in [1.82, 2.24) is 9.55 Å². The van der Waals surface area contributed by atoms with Crippen molar-refractivity contribution >= 4 is 5.97 Å². The molecule has 6 nitrogen and oxygen atoms in total. The summed E-state index contributed by atoms with van der Waals surface area (Å²) in [6.45, 7) is 5.91. The number of aryl methyl sites for hydroxylation is 1. The molecule has 2 rings (SSSR count). The predicted molar refractivity (Wildman–Crippen MR) is 96.3 cm³/mol. The van der Waals surface area contributed by atoms with Crippen LogP contribution in [0.3, 0.4) is 0 Å². The molecule has 0 aliphatic carbocycles. The number of rotatable bonds is 7. The minimum atomic E-state index is -0.450. The molecule has 0 bridgehead atoms. The third-order valence-electron chi connectivity index (χ3n) is 4.12. The molecule has 0 fully saturated rings. The van der Waals surface area contributed by atoms with Gasteiger partial charge in [0.2, 0.25) is 0 Å². The third kappa shape index (κ3) is 5.26. The number of nitrogens with two attached hydrogens (primary N) is 1. The van der Waals surface area contributed by atoms with E-state index in [4.69, 9.17) is 10.5 Å². The lowest BCUT2D eigenvalue weighted by atomic mass is 9.94. The van der Waals surface area contributed by atoms with Crippen molar-refractivity contribution < 1.29 is 9.53 Å². The fraction of sp³-hybridized carbons (Fsp3) is 0.421. The monoisotopic (exact) mass is 343 g/mol. The molecule has 1 aromatic heterocycles. The zero-order valence-electron chi connectivity index (χ0n) is 14.9. The average Bonchev–Trinajstić information content (AvgIpc) is 2.57. The molecule has 2 aromatic rings. The van der Waals surface area contributed by atoms with Gasteiger partial charge in [0.05, 0.1) is 18.6 Å². The van der Waals surface area contributed by atoms with Crippen LogP contribution in [0.15, 0.2) is 41.5 Å². The molecule has 134 valence electrons. The lowest BCUT2D eigenvalue weighted by Crippen LogP contribution is -2.26. The average molecular weight is 343 g/mol. The quantitative estimate of drug-likeness (QED) is 0.780. The number of carbonyl (C=O) groups is 1. The lowest BCUT2D eigenvalue weighted by molar-refractivity contribution is -0.143. The molecule has 0 aliphatic heterocycles. The fourth-order valence-corrected chi connectivity index (χ4v) is 2.63. The molecule has 2 atom stereocenters. The summed E-state index contributed by atoms with van der Waals surface area (Å²) in [4.78, 5) is 28.0. The Morgan fingerprint density at radius 3 is 2.60 bits per heavy atom. The molecule has 0 radical (unpaired) electrons. The first-order valence-electron chi connectivity index (χ1n) is 8.44. The third-order valence-corrected chi connectivity index (χ3v) is 4.12. The van der Waals surface area contributed by atoms with Crippen LogP contribution in [-0.2, 0) is 16.1 Å². The van der Waals surface area contributed by atoms with E-state index in [1.165, 1.54) is 22.5 Å². The summed E-state index contributed by atoms with van der Waals surface area (Å²) in [6, 6.07) is 9.46. The van der Waals surface area contributed by atoms with Crippen LogP contribution in [0.2, 0.25) is 0 Å². The van der Waals surface area contributed by atoms with Crippen LogP contribution in [0, 0.1) is 6.92 Å². The number of hydrogen-bond acceptors (Lipinski definition) is 5. The maximum atomic E-state index is 12.2. The predicted octanol–water partition coefficient (Wildman–Crippen LogP) is 2.31. The van der Waals surface area contributed by atoms with Crippen LogP contribution in [0.1, 0.15) is 49.0 Å². The largest absolute Gasteiger partial charge is 0.465 e.